The lowest BCUT2D eigenvalue weighted by atomic mass is 9.91. The summed E-state index contributed by atoms with van der Waals surface area (Å²) in [5.74, 6) is 0.0493. The van der Waals surface area contributed by atoms with E-state index in [1.807, 2.05) is 25.1 Å². The van der Waals surface area contributed by atoms with Crippen molar-refractivity contribution in [3.05, 3.63) is 71.7 Å². The molecule has 2 aromatic carbocycles. The molecule has 5 rings (SSSR count). The Balaban J connectivity index is 1.36. The molecule has 1 N–H and O–H groups in total. The fourth-order valence-corrected chi connectivity index (χ4v) is 5.29. The first kappa shape index (κ1) is 25.9. The summed E-state index contributed by atoms with van der Waals surface area (Å²) < 4.78 is 26.5. The van der Waals surface area contributed by atoms with Crippen LogP contribution in [0.15, 0.2) is 54.6 Å². The minimum Gasteiger partial charge on any atom is -0.491 e. The van der Waals surface area contributed by atoms with Gasteiger partial charge in [0.25, 0.3) is 11.8 Å². The molecule has 38 heavy (non-hydrogen) atoms. The van der Waals surface area contributed by atoms with Crippen LogP contribution in [0.5, 0.6) is 5.75 Å². The normalized spacial score (nSPS) is 20.8. The smallest absolute Gasteiger partial charge is 0.272 e. The summed E-state index contributed by atoms with van der Waals surface area (Å²) in [5.41, 5.74) is 0.949. The third-order valence-electron chi connectivity index (χ3n) is 7.36. The highest BCUT2D eigenvalue weighted by molar-refractivity contribution is 5.94. The van der Waals surface area contributed by atoms with Crippen LogP contribution in [-0.2, 0) is 16.0 Å². The summed E-state index contributed by atoms with van der Waals surface area (Å²) in [6, 6.07) is 15.9. The van der Waals surface area contributed by atoms with Crippen LogP contribution in [0.4, 0.5) is 4.39 Å². The number of H-pyrrole nitrogens is 1. The van der Waals surface area contributed by atoms with Gasteiger partial charge in [0.2, 0.25) is 0 Å². The number of carbonyl (C=O) groups is 2. The molecule has 1 unspecified atom stereocenters. The summed E-state index contributed by atoms with van der Waals surface area (Å²) in [6.45, 7) is 4.00. The number of aromatic amines is 1. The van der Waals surface area contributed by atoms with Crippen LogP contribution in [0.1, 0.15) is 42.2 Å². The minimum absolute atomic E-state index is 0.119. The van der Waals surface area contributed by atoms with Crippen molar-refractivity contribution in [3.8, 4) is 17.0 Å². The first-order valence-electron chi connectivity index (χ1n) is 13.2. The first-order chi connectivity index (χ1) is 18.5. The topological polar surface area (TPSA) is 87.8 Å². The van der Waals surface area contributed by atoms with E-state index in [4.69, 9.17) is 9.47 Å². The van der Waals surface area contributed by atoms with Crippen molar-refractivity contribution in [2.45, 2.75) is 38.2 Å². The summed E-state index contributed by atoms with van der Waals surface area (Å²) in [7, 11) is 0. The molecule has 0 saturated carbocycles. The average molecular weight is 521 g/mol. The number of rotatable bonds is 3. The predicted octanol–water partition coefficient (Wildman–Crippen LogP) is 4.08. The number of nitrogens with one attached hydrogen (secondary N) is 1. The molecule has 9 heteroatoms. The fourth-order valence-electron chi connectivity index (χ4n) is 5.29. The highest BCUT2D eigenvalue weighted by Crippen LogP contribution is 2.30. The Morgan fingerprint density at radius 3 is 2.76 bits per heavy atom. The second kappa shape index (κ2) is 11.3. The number of likely N-dealkylation sites (N-methyl/N-ethyl adjacent to an activating group) is 1. The molecule has 0 aliphatic carbocycles. The SMILES string of the molecule is CCN1CCOc2ccccc2CCCCC2(CN(C(=O)c3cc(-c4ccccc4F)n[nH]3)CCO2)C1=O. The van der Waals surface area contributed by atoms with Crippen molar-refractivity contribution < 1.29 is 23.5 Å². The molecule has 2 aliphatic heterocycles. The molecule has 1 aromatic heterocycles. The molecule has 1 spiro atoms. The second-order valence-corrected chi connectivity index (χ2v) is 9.76. The van der Waals surface area contributed by atoms with E-state index in [1.165, 1.54) is 6.07 Å². The number of carbonyl (C=O) groups excluding carboxylic acids is 2. The minimum atomic E-state index is -1.13. The maximum absolute atomic E-state index is 14.2. The van der Waals surface area contributed by atoms with Crippen molar-refractivity contribution in [2.75, 3.05) is 39.4 Å². The van der Waals surface area contributed by atoms with Crippen molar-refractivity contribution in [3.63, 3.8) is 0 Å². The summed E-state index contributed by atoms with van der Waals surface area (Å²) in [6.07, 6.45) is 2.98. The third-order valence-corrected chi connectivity index (χ3v) is 7.36. The zero-order valence-corrected chi connectivity index (χ0v) is 21.6. The molecule has 3 heterocycles. The summed E-state index contributed by atoms with van der Waals surface area (Å²) in [5, 5.41) is 6.92. The molecule has 200 valence electrons. The molecule has 1 atom stereocenters. The Morgan fingerprint density at radius 1 is 1.11 bits per heavy atom. The zero-order valence-electron chi connectivity index (χ0n) is 21.6. The molecule has 1 fully saturated rings. The molecule has 2 amide bonds. The van der Waals surface area contributed by atoms with Gasteiger partial charge < -0.3 is 19.3 Å². The van der Waals surface area contributed by atoms with Gasteiger partial charge in [-0.2, -0.15) is 5.10 Å². The van der Waals surface area contributed by atoms with E-state index in [1.54, 1.807) is 34.1 Å². The van der Waals surface area contributed by atoms with Crippen LogP contribution in [0, 0.1) is 5.82 Å². The van der Waals surface area contributed by atoms with Crippen molar-refractivity contribution >= 4 is 11.8 Å². The number of benzene rings is 2. The van der Waals surface area contributed by atoms with E-state index in [-0.39, 0.29) is 30.7 Å². The number of amides is 2. The number of aryl methyl sites for hydroxylation is 1. The average Bonchev–Trinajstić information content (AvgIpc) is 3.43. The van der Waals surface area contributed by atoms with Crippen LogP contribution in [0.2, 0.25) is 0 Å². The lowest BCUT2D eigenvalue weighted by Gasteiger charge is -2.44. The summed E-state index contributed by atoms with van der Waals surface area (Å²) >= 11 is 0. The third kappa shape index (κ3) is 5.29. The van der Waals surface area contributed by atoms with Crippen LogP contribution in [0.25, 0.3) is 11.3 Å². The monoisotopic (exact) mass is 520 g/mol. The quantitative estimate of drug-likeness (QED) is 0.562. The number of hydrogen-bond acceptors (Lipinski definition) is 5. The number of aromatic nitrogens is 2. The van der Waals surface area contributed by atoms with E-state index in [9.17, 15) is 14.0 Å². The largest absolute Gasteiger partial charge is 0.491 e. The number of morpholine rings is 1. The van der Waals surface area contributed by atoms with Crippen LogP contribution in [0.3, 0.4) is 0 Å². The Kier molecular flexibility index (Phi) is 7.74. The standard InChI is InChI=1S/C29H33FN4O4/c1-2-33-15-17-37-26-13-6-3-9-21(26)10-7-8-14-29(28(33)36)20-34(16-18-38-29)27(35)25-19-24(31-32-25)22-11-4-5-12-23(22)30/h3-6,9,11-13,19H,2,7-8,10,14-18,20H2,1H3,(H,31,32). The zero-order chi connectivity index (χ0) is 26.5. The van der Waals surface area contributed by atoms with Gasteiger partial charge >= 0.3 is 0 Å². The van der Waals surface area contributed by atoms with Crippen molar-refractivity contribution in [1.82, 2.24) is 20.0 Å². The van der Waals surface area contributed by atoms with Gasteiger partial charge in [-0.1, -0.05) is 30.3 Å². The van der Waals surface area contributed by atoms with Crippen LogP contribution >= 0.6 is 0 Å². The van der Waals surface area contributed by atoms with Crippen molar-refractivity contribution in [1.29, 1.82) is 0 Å². The van der Waals surface area contributed by atoms with Gasteiger partial charge in [-0.25, -0.2) is 4.39 Å². The Morgan fingerprint density at radius 2 is 1.92 bits per heavy atom. The van der Waals surface area contributed by atoms with Gasteiger partial charge in [-0.3, -0.25) is 14.7 Å². The van der Waals surface area contributed by atoms with Gasteiger partial charge in [0.15, 0.2) is 5.60 Å². The molecule has 1 saturated heterocycles. The van der Waals surface area contributed by atoms with Gasteiger partial charge in [0.1, 0.15) is 23.9 Å². The molecular formula is C29H33FN4O4. The van der Waals surface area contributed by atoms with Crippen LogP contribution in [-0.4, -0.2) is 76.8 Å². The number of para-hydroxylation sites is 1. The first-order valence-corrected chi connectivity index (χ1v) is 13.2. The number of ether oxygens (including phenoxy) is 2. The number of fused-ring (bicyclic) bond motifs is 1. The maximum Gasteiger partial charge on any atom is 0.272 e. The fraction of sp³-hybridized carbons (Fsp3) is 0.414. The molecular weight excluding hydrogens is 487 g/mol. The molecule has 0 radical (unpaired) electrons. The van der Waals surface area contributed by atoms with E-state index >= 15 is 0 Å². The molecule has 0 bridgehead atoms. The van der Waals surface area contributed by atoms with E-state index < -0.39 is 11.4 Å². The van der Waals surface area contributed by atoms with Gasteiger partial charge in [-0.05, 0) is 62.4 Å². The van der Waals surface area contributed by atoms with Gasteiger partial charge in [0.05, 0.1) is 25.4 Å². The number of halogens is 1. The maximum atomic E-state index is 14.2. The summed E-state index contributed by atoms with van der Waals surface area (Å²) in [4.78, 5) is 30.8. The molecule has 8 nitrogen and oxygen atoms in total. The highest BCUT2D eigenvalue weighted by atomic mass is 19.1. The van der Waals surface area contributed by atoms with Gasteiger partial charge in [0, 0.05) is 18.7 Å². The lowest BCUT2D eigenvalue weighted by molar-refractivity contribution is -0.170. The lowest BCUT2D eigenvalue weighted by Crippen LogP contribution is -2.62. The Bertz CT molecular complexity index is 1290. The predicted molar refractivity (Wildman–Crippen MR) is 140 cm³/mol. The number of hydrogen-bond donors (Lipinski definition) is 1. The van der Waals surface area contributed by atoms with E-state index in [0.717, 1.165) is 30.6 Å². The van der Waals surface area contributed by atoms with Crippen molar-refractivity contribution in [2.24, 2.45) is 0 Å². The Hall–Kier alpha value is -3.72. The Labute approximate surface area is 221 Å². The highest BCUT2D eigenvalue weighted by Gasteiger charge is 2.46. The van der Waals surface area contributed by atoms with Gasteiger partial charge in [-0.15, -0.1) is 0 Å². The molecule has 3 aromatic rings. The van der Waals surface area contributed by atoms with E-state index in [0.29, 0.717) is 43.9 Å². The second-order valence-electron chi connectivity index (χ2n) is 9.76. The molecule has 2 aliphatic rings. The number of nitrogens with zero attached hydrogens (tertiary/aromatic N) is 3. The van der Waals surface area contributed by atoms with E-state index in [2.05, 4.69) is 16.3 Å². The van der Waals surface area contributed by atoms with Crippen LogP contribution < -0.4 is 4.74 Å².